The molecule has 1 aromatic rings. The minimum Gasteiger partial charge on any atom is -0.378 e. The first-order valence-corrected chi connectivity index (χ1v) is 8.05. The van der Waals surface area contributed by atoms with Gasteiger partial charge in [-0.1, -0.05) is 19.1 Å². The van der Waals surface area contributed by atoms with Gasteiger partial charge in [-0.25, -0.2) is 4.79 Å². The van der Waals surface area contributed by atoms with Crippen molar-refractivity contribution in [3.05, 3.63) is 29.8 Å². The van der Waals surface area contributed by atoms with Gasteiger partial charge in [0.15, 0.2) is 0 Å². The third kappa shape index (κ3) is 4.15. The number of carbonyl (C=O) groups excluding carboxylic acids is 1. The van der Waals surface area contributed by atoms with E-state index in [0.717, 1.165) is 11.3 Å². The summed E-state index contributed by atoms with van der Waals surface area (Å²) < 4.78 is 5.25. The Labute approximate surface area is 124 Å². The van der Waals surface area contributed by atoms with E-state index in [0.29, 0.717) is 26.3 Å². The zero-order chi connectivity index (χ0) is 14.4. The molecule has 0 saturated carbocycles. The third-order valence-electron chi connectivity index (χ3n) is 3.33. The Hall–Kier alpha value is -1.20. The fourth-order valence-electron chi connectivity index (χ4n) is 2.15. The van der Waals surface area contributed by atoms with Gasteiger partial charge in [0.1, 0.15) is 0 Å². The molecule has 0 aromatic heterocycles. The first kappa shape index (κ1) is 15.2. The van der Waals surface area contributed by atoms with Gasteiger partial charge in [0.25, 0.3) is 0 Å². The zero-order valence-electron chi connectivity index (χ0n) is 12.1. The van der Waals surface area contributed by atoms with Crippen molar-refractivity contribution in [2.75, 3.05) is 32.1 Å². The van der Waals surface area contributed by atoms with Crippen molar-refractivity contribution in [2.45, 2.75) is 24.8 Å². The number of benzene rings is 1. The van der Waals surface area contributed by atoms with Crippen molar-refractivity contribution in [3.63, 3.8) is 0 Å². The van der Waals surface area contributed by atoms with Crippen LogP contribution in [0.5, 0.6) is 0 Å². The van der Waals surface area contributed by atoms with Gasteiger partial charge in [-0.2, -0.15) is 0 Å². The summed E-state index contributed by atoms with van der Waals surface area (Å²) >= 11 is 1.82. The lowest BCUT2D eigenvalue weighted by Crippen LogP contribution is -2.46. The van der Waals surface area contributed by atoms with Crippen molar-refractivity contribution in [3.8, 4) is 0 Å². The van der Waals surface area contributed by atoms with Gasteiger partial charge < -0.3 is 15.0 Å². The number of rotatable bonds is 4. The quantitative estimate of drug-likeness (QED) is 0.868. The van der Waals surface area contributed by atoms with Crippen LogP contribution in [0, 0.1) is 0 Å². The lowest BCUT2D eigenvalue weighted by Gasteiger charge is -2.28. The van der Waals surface area contributed by atoms with E-state index in [4.69, 9.17) is 4.74 Å². The molecule has 1 fully saturated rings. The molecule has 0 radical (unpaired) electrons. The summed E-state index contributed by atoms with van der Waals surface area (Å²) in [6.07, 6.45) is 0. The van der Waals surface area contributed by atoms with Crippen LogP contribution in [0.1, 0.15) is 25.5 Å². The zero-order valence-corrected chi connectivity index (χ0v) is 12.9. The number of nitrogens with one attached hydrogen (secondary N) is 1. The van der Waals surface area contributed by atoms with Crippen LogP contribution in [0.3, 0.4) is 0 Å². The van der Waals surface area contributed by atoms with Gasteiger partial charge in [0.2, 0.25) is 0 Å². The molecule has 0 aliphatic carbocycles. The average Bonchev–Trinajstić information content (AvgIpc) is 2.49. The molecule has 1 aliphatic heterocycles. The second-order valence-corrected chi connectivity index (χ2v) is 6.11. The Morgan fingerprint density at radius 1 is 1.35 bits per heavy atom. The van der Waals surface area contributed by atoms with Gasteiger partial charge in [-0.05, 0) is 30.4 Å². The molecule has 1 saturated heterocycles. The highest BCUT2D eigenvalue weighted by atomic mass is 32.2. The first-order chi connectivity index (χ1) is 9.70. The molecule has 1 heterocycles. The van der Waals surface area contributed by atoms with E-state index >= 15 is 0 Å². The summed E-state index contributed by atoms with van der Waals surface area (Å²) in [5, 5.41) is 3.04. The van der Waals surface area contributed by atoms with Crippen molar-refractivity contribution >= 4 is 17.8 Å². The molecule has 20 heavy (non-hydrogen) atoms. The molecule has 110 valence electrons. The Morgan fingerprint density at radius 2 is 2.00 bits per heavy atom. The number of morpholine rings is 1. The predicted molar refractivity (Wildman–Crippen MR) is 82.2 cm³/mol. The van der Waals surface area contributed by atoms with Crippen LogP contribution in [0.15, 0.2) is 29.2 Å². The van der Waals surface area contributed by atoms with E-state index < -0.39 is 0 Å². The lowest BCUT2D eigenvalue weighted by atomic mass is 10.1. The van der Waals surface area contributed by atoms with E-state index in [1.807, 2.05) is 18.7 Å². The van der Waals surface area contributed by atoms with E-state index in [-0.39, 0.29) is 12.1 Å². The van der Waals surface area contributed by atoms with Crippen molar-refractivity contribution in [1.29, 1.82) is 0 Å². The van der Waals surface area contributed by atoms with Crippen LogP contribution in [0.25, 0.3) is 0 Å². The number of urea groups is 1. The molecule has 1 aromatic carbocycles. The van der Waals surface area contributed by atoms with Crippen LogP contribution in [0.2, 0.25) is 0 Å². The number of nitrogens with zero attached hydrogens (tertiary/aromatic N) is 1. The second-order valence-electron chi connectivity index (χ2n) is 4.77. The normalized spacial score (nSPS) is 16.8. The third-order valence-corrected chi connectivity index (χ3v) is 4.22. The van der Waals surface area contributed by atoms with Crippen LogP contribution in [-0.2, 0) is 4.74 Å². The minimum absolute atomic E-state index is 0.00666. The fraction of sp³-hybridized carbons (Fsp3) is 0.533. The van der Waals surface area contributed by atoms with Crippen molar-refractivity contribution in [2.24, 2.45) is 0 Å². The number of ether oxygens (including phenoxy) is 1. The molecule has 1 atom stereocenters. The molecule has 0 spiro atoms. The molecule has 1 aliphatic rings. The highest BCUT2D eigenvalue weighted by Crippen LogP contribution is 2.20. The summed E-state index contributed by atoms with van der Waals surface area (Å²) in [7, 11) is 0. The Bertz CT molecular complexity index is 430. The minimum atomic E-state index is -0.00666. The van der Waals surface area contributed by atoms with Crippen LogP contribution in [0.4, 0.5) is 4.79 Å². The van der Waals surface area contributed by atoms with Gasteiger partial charge in [-0.3, -0.25) is 0 Å². The largest absolute Gasteiger partial charge is 0.378 e. The van der Waals surface area contributed by atoms with E-state index in [1.54, 1.807) is 4.90 Å². The van der Waals surface area contributed by atoms with E-state index in [1.165, 1.54) is 4.90 Å². The summed E-state index contributed by atoms with van der Waals surface area (Å²) in [5.74, 6) is 1.07. The van der Waals surface area contributed by atoms with Crippen LogP contribution < -0.4 is 5.32 Å². The summed E-state index contributed by atoms with van der Waals surface area (Å²) in [4.78, 5) is 15.2. The lowest BCUT2D eigenvalue weighted by molar-refractivity contribution is 0.0526. The molecule has 1 unspecified atom stereocenters. The molecule has 2 rings (SSSR count). The first-order valence-electron chi connectivity index (χ1n) is 7.06. The molecular weight excluding hydrogens is 272 g/mol. The SMILES string of the molecule is CCSc1ccc(C(C)NC(=O)N2CCOCC2)cc1. The van der Waals surface area contributed by atoms with Gasteiger partial charge in [0.05, 0.1) is 19.3 Å². The maximum Gasteiger partial charge on any atom is 0.318 e. The Morgan fingerprint density at radius 3 is 2.60 bits per heavy atom. The average molecular weight is 294 g/mol. The molecule has 0 bridgehead atoms. The number of amides is 2. The fourth-order valence-corrected chi connectivity index (χ4v) is 2.81. The van der Waals surface area contributed by atoms with Crippen LogP contribution >= 0.6 is 11.8 Å². The van der Waals surface area contributed by atoms with Crippen LogP contribution in [-0.4, -0.2) is 43.0 Å². The maximum absolute atomic E-state index is 12.1. The molecule has 2 amide bonds. The second kappa shape index (κ2) is 7.55. The van der Waals surface area contributed by atoms with Crippen molar-refractivity contribution < 1.29 is 9.53 Å². The van der Waals surface area contributed by atoms with E-state index in [2.05, 4.69) is 36.5 Å². The summed E-state index contributed by atoms with van der Waals surface area (Å²) in [6, 6.07) is 8.41. The molecule has 1 N–H and O–H groups in total. The highest BCUT2D eigenvalue weighted by molar-refractivity contribution is 7.99. The maximum atomic E-state index is 12.1. The van der Waals surface area contributed by atoms with Crippen molar-refractivity contribution in [1.82, 2.24) is 10.2 Å². The number of hydrogen-bond acceptors (Lipinski definition) is 3. The standard InChI is InChI=1S/C15H22N2O2S/c1-3-20-14-6-4-13(5-7-14)12(2)16-15(18)17-8-10-19-11-9-17/h4-7,12H,3,8-11H2,1-2H3,(H,16,18). The Balaban J connectivity index is 1.89. The molecular formula is C15H22N2O2S. The number of carbonyl (C=O) groups is 1. The molecule has 5 heteroatoms. The van der Waals surface area contributed by atoms with Gasteiger partial charge in [0, 0.05) is 18.0 Å². The number of hydrogen-bond donors (Lipinski definition) is 1. The summed E-state index contributed by atoms with van der Waals surface area (Å²) in [6.45, 7) is 6.76. The monoisotopic (exact) mass is 294 g/mol. The molecule has 4 nitrogen and oxygen atoms in total. The Kier molecular flexibility index (Phi) is 5.73. The highest BCUT2D eigenvalue weighted by Gasteiger charge is 2.18. The van der Waals surface area contributed by atoms with Gasteiger partial charge >= 0.3 is 6.03 Å². The van der Waals surface area contributed by atoms with Gasteiger partial charge in [-0.15, -0.1) is 11.8 Å². The topological polar surface area (TPSA) is 41.6 Å². The summed E-state index contributed by atoms with van der Waals surface area (Å²) in [5.41, 5.74) is 1.13. The van der Waals surface area contributed by atoms with E-state index in [9.17, 15) is 4.79 Å². The predicted octanol–water partition coefficient (Wildman–Crippen LogP) is 2.90. The number of thioether (sulfide) groups is 1. The smallest absolute Gasteiger partial charge is 0.318 e.